The second-order valence-corrected chi connectivity index (χ2v) is 7.65. The molecule has 0 saturated heterocycles. The van der Waals surface area contributed by atoms with E-state index in [9.17, 15) is 5.26 Å². The van der Waals surface area contributed by atoms with Gasteiger partial charge in [-0.25, -0.2) is 0 Å². The number of benzene rings is 3. The van der Waals surface area contributed by atoms with Crippen molar-refractivity contribution in [3.63, 3.8) is 0 Å². The topological polar surface area (TPSA) is 59.0 Å². The Morgan fingerprint density at radius 3 is 2.67 bits per heavy atom. The standard InChI is InChI=1S/C23H16N2OS/c24-12-18-21(16-10-5-7-14-6-1-2-8-15(14)16)19-13-27-20-11-4-3-9-17(20)22(19)26-23(18)25/h1-11,21H,13,25H2. The lowest BCUT2D eigenvalue weighted by molar-refractivity contribution is 0.354. The van der Waals surface area contributed by atoms with Gasteiger partial charge in [-0.3, -0.25) is 0 Å². The van der Waals surface area contributed by atoms with Crippen LogP contribution in [0, 0.1) is 11.3 Å². The number of rotatable bonds is 1. The van der Waals surface area contributed by atoms with Crippen molar-refractivity contribution in [1.82, 2.24) is 0 Å². The smallest absolute Gasteiger partial charge is 0.205 e. The van der Waals surface area contributed by atoms with Gasteiger partial charge in [0.05, 0.1) is 5.92 Å². The lowest BCUT2D eigenvalue weighted by Crippen LogP contribution is -2.23. The predicted octanol–water partition coefficient (Wildman–Crippen LogP) is 5.16. The third-order valence-electron chi connectivity index (χ3n) is 5.18. The molecular formula is C23H16N2OS. The molecule has 2 N–H and O–H groups in total. The van der Waals surface area contributed by atoms with Gasteiger partial charge in [0.1, 0.15) is 17.4 Å². The number of fused-ring (bicyclic) bond motifs is 3. The highest BCUT2D eigenvalue weighted by Crippen LogP contribution is 2.49. The molecule has 27 heavy (non-hydrogen) atoms. The van der Waals surface area contributed by atoms with E-state index < -0.39 is 0 Å². The van der Waals surface area contributed by atoms with Gasteiger partial charge in [0.15, 0.2) is 0 Å². The number of hydrogen-bond acceptors (Lipinski definition) is 4. The van der Waals surface area contributed by atoms with Crippen LogP contribution in [0.3, 0.4) is 0 Å². The first kappa shape index (κ1) is 16.0. The first-order valence-electron chi connectivity index (χ1n) is 8.78. The third-order valence-corrected chi connectivity index (χ3v) is 6.30. The van der Waals surface area contributed by atoms with Crippen molar-refractivity contribution in [2.75, 3.05) is 5.75 Å². The molecule has 0 fully saturated rings. The fourth-order valence-electron chi connectivity index (χ4n) is 3.96. The molecule has 3 aromatic carbocycles. The Bertz CT molecular complexity index is 1180. The molecular weight excluding hydrogens is 352 g/mol. The normalized spacial score (nSPS) is 18.6. The quantitative estimate of drug-likeness (QED) is 0.644. The molecule has 2 aliphatic heterocycles. The molecule has 2 heterocycles. The maximum atomic E-state index is 9.85. The van der Waals surface area contributed by atoms with Crippen LogP contribution in [0.15, 0.2) is 88.7 Å². The lowest BCUT2D eigenvalue weighted by Gasteiger charge is -2.33. The summed E-state index contributed by atoms with van der Waals surface area (Å²) in [6, 6.07) is 25.0. The van der Waals surface area contributed by atoms with Gasteiger partial charge in [0.2, 0.25) is 5.88 Å². The highest BCUT2D eigenvalue weighted by atomic mass is 32.2. The molecule has 2 aliphatic rings. The zero-order chi connectivity index (χ0) is 18.4. The number of nitrogens with two attached hydrogens (primary N) is 1. The molecule has 0 radical (unpaired) electrons. The van der Waals surface area contributed by atoms with Crippen molar-refractivity contribution in [2.45, 2.75) is 10.8 Å². The van der Waals surface area contributed by atoms with Crippen LogP contribution in [0.4, 0.5) is 0 Å². The van der Waals surface area contributed by atoms with Gasteiger partial charge in [-0.05, 0) is 28.0 Å². The average Bonchev–Trinajstić information content (AvgIpc) is 2.72. The van der Waals surface area contributed by atoms with Crippen molar-refractivity contribution in [1.29, 1.82) is 5.26 Å². The van der Waals surface area contributed by atoms with Crippen LogP contribution in [-0.2, 0) is 4.74 Å². The summed E-state index contributed by atoms with van der Waals surface area (Å²) in [7, 11) is 0. The molecule has 4 heteroatoms. The zero-order valence-corrected chi connectivity index (χ0v) is 15.3. The minimum absolute atomic E-state index is 0.189. The maximum absolute atomic E-state index is 9.85. The molecule has 1 unspecified atom stereocenters. The van der Waals surface area contributed by atoms with E-state index in [1.54, 1.807) is 11.8 Å². The molecule has 0 aliphatic carbocycles. The molecule has 0 amide bonds. The van der Waals surface area contributed by atoms with Crippen LogP contribution in [-0.4, -0.2) is 5.75 Å². The molecule has 3 nitrogen and oxygen atoms in total. The Morgan fingerprint density at radius 2 is 1.78 bits per heavy atom. The van der Waals surface area contributed by atoms with Crippen LogP contribution in [0.25, 0.3) is 16.5 Å². The van der Waals surface area contributed by atoms with Gasteiger partial charge in [-0.15, -0.1) is 11.8 Å². The van der Waals surface area contributed by atoms with Gasteiger partial charge >= 0.3 is 0 Å². The number of nitrogens with zero attached hydrogens (tertiary/aromatic N) is 1. The van der Waals surface area contributed by atoms with E-state index in [0.29, 0.717) is 5.57 Å². The third kappa shape index (κ3) is 2.43. The van der Waals surface area contributed by atoms with Crippen molar-refractivity contribution >= 4 is 28.3 Å². The SMILES string of the molecule is N#CC1=C(N)OC2=C(CSc3ccccc32)C1c1cccc2ccccc12. The average molecular weight is 368 g/mol. The van der Waals surface area contributed by atoms with E-state index in [1.165, 1.54) is 4.90 Å². The summed E-state index contributed by atoms with van der Waals surface area (Å²) >= 11 is 1.78. The summed E-state index contributed by atoms with van der Waals surface area (Å²) in [6.07, 6.45) is 0. The molecule has 0 saturated carbocycles. The van der Waals surface area contributed by atoms with Gasteiger partial charge < -0.3 is 10.5 Å². The first-order valence-corrected chi connectivity index (χ1v) is 9.77. The van der Waals surface area contributed by atoms with E-state index in [2.05, 4.69) is 42.5 Å². The van der Waals surface area contributed by atoms with Crippen molar-refractivity contribution < 1.29 is 4.74 Å². The van der Waals surface area contributed by atoms with E-state index >= 15 is 0 Å². The Kier molecular flexibility index (Phi) is 3.70. The van der Waals surface area contributed by atoms with Crippen LogP contribution in [0.5, 0.6) is 0 Å². The summed E-state index contributed by atoms with van der Waals surface area (Å²) in [5.41, 5.74) is 9.97. The fourth-order valence-corrected chi connectivity index (χ4v) is 5.06. The zero-order valence-electron chi connectivity index (χ0n) is 14.5. The summed E-state index contributed by atoms with van der Waals surface area (Å²) in [5, 5.41) is 12.2. The predicted molar refractivity (Wildman–Crippen MR) is 109 cm³/mol. The van der Waals surface area contributed by atoms with E-state index in [1.807, 2.05) is 30.3 Å². The highest BCUT2D eigenvalue weighted by molar-refractivity contribution is 7.99. The van der Waals surface area contributed by atoms with E-state index in [-0.39, 0.29) is 11.8 Å². The molecule has 0 spiro atoms. The highest BCUT2D eigenvalue weighted by Gasteiger charge is 2.36. The van der Waals surface area contributed by atoms with Gasteiger partial charge in [0, 0.05) is 16.2 Å². The van der Waals surface area contributed by atoms with Crippen LogP contribution in [0.2, 0.25) is 0 Å². The van der Waals surface area contributed by atoms with Crippen molar-refractivity contribution in [3.05, 3.63) is 94.9 Å². The molecule has 0 aromatic heterocycles. The van der Waals surface area contributed by atoms with Crippen LogP contribution in [0.1, 0.15) is 17.0 Å². The molecule has 130 valence electrons. The fraction of sp³-hybridized carbons (Fsp3) is 0.0870. The molecule has 5 rings (SSSR count). The van der Waals surface area contributed by atoms with Gasteiger partial charge in [-0.1, -0.05) is 60.7 Å². The Balaban J connectivity index is 1.79. The minimum Gasteiger partial charge on any atom is -0.440 e. The number of nitriles is 1. The minimum atomic E-state index is -0.189. The monoisotopic (exact) mass is 368 g/mol. The summed E-state index contributed by atoms with van der Waals surface area (Å²) in [6.45, 7) is 0. The van der Waals surface area contributed by atoms with Crippen LogP contribution < -0.4 is 5.73 Å². The summed E-state index contributed by atoms with van der Waals surface area (Å²) < 4.78 is 5.99. The van der Waals surface area contributed by atoms with Gasteiger partial charge in [-0.2, -0.15) is 5.26 Å². The van der Waals surface area contributed by atoms with Gasteiger partial charge in [0.25, 0.3) is 0 Å². The second-order valence-electron chi connectivity index (χ2n) is 6.63. The Morgan fingerprint density at radius 1 is 1.00 bits per heavy atom. The Labute approximate surface area is 161 Å². The molecule has 3 aromatic rings. The number of allylic oxidation sites excluding steroid dienone is 1. The Hall–Kier alpha value is -3.16. The second kappa shape index (κ2) is 6.22. The number of thioether (sulfide) groups is 1. The largest absolute Gasteiger partial charge is 0.440 e. The lowest BCUT2D eigenvalue weighted by atomic mass is 9.80. The summed E-state index contributed by atoms with van der Waals surface area (Å²) in [4.78, 5) is 1.18. The molecule has 0 bridgehead atoms. The van der Waals surface area contributed by atoms with E-state index in [0.717, 1.165) is 39.0 Å². The molecule has 1 atom stereocenters. The summed E-state index contributed by atoms with van der Waals surface area (Å²) in [5.74, 6) is 1.60. The van der Waals surface area contributed by atoms with Crippen LogP contribution >= 0.6 is 11.8 Å². The van der Waals surface area contributed by atoms with E-state index in [4.69, 9.17) is 10.5 Å². The van der Waals surface area contributed by atoms with Crippen molar-refractivity contribution in [3.8, 4) is 6.07 Å². The number of ether oxygens (including phenoxy) is 1. The number of hydrogen-bond donors (Lipinski definition) is 1. The maximum Gasteiger partial charge on any atom is 0.205 e. The van der Waals surface area contributed by atoms with Crippen molar-refractivity contribution in [2.24, 2.45) is 5.73 Å². The first-order chi connectivity index (χ1) is 13.3.